The van der Waals surface area contributed by atoms with E-state index < -0.39 is 0 Å². The van der Waals surface area contributed by atoms with Gasteiger partial charge in [-0.3, -0.25) is 4.90 Å². The molecule has 5 nitrogen and oxygen atoms in total. The van der Waals surface area contributed by atoms with Crippen LogP contribution in [0.15, 0.2) is 22.7 Å². The summed E-state index contributed by atoms with van der Waals surface area (Å²) in [5.74, 6) is 3.52. The minimum absolute atomic E-state index is 0.198. The van der Waals surface area contributed by atoms with E-state index in [1.165, 1.54) is 0 Å². The molecule has 20 heavy (non-hydrogen) atoms. The molecule has 1 aromatic carbocycles. The molecular formula is C13H14IN3O2S. The second-order valence-corrected chi connectivity index (χ2v) is 7.01. The maximum absolute atomic E-state index is 9.75. The summed E-state index contributed by atoms with van der Waals surface area (Å²) in [5, 5.41) is 13.8. The molecule has 1 saturated heterocycles. The van der Waals surface area contributed by atoms with Gasteiger partial charge in [-0.05, 0) is 47.8 Å². The van der Waals surface area contributed by atoms with Gasteiger partial charge in [0.2, 0.25) is 0 Å². The Kier molecular flexibility index (Phi) is 4.18. The minimum atomic E-state index is 0.198. The quantitative estimate of drug-likeness (QED) is 0.779. The van der Waals surface area contributed by atoms with Gasteiger partial charge in [0.05, 0.1) is 9.61 Å². The molecule has 0 bridgehead atoms. The van der Waals surface area contributed by atoms with Crippen LogP contribution in [0.1, 0.15) is 11.9 Å². The van der Waals surface area contributed by atoms with E-state index in [0.717, 1.165) is 27.2 Å². The molecule has 7 heteroatoms. The number of hydrogen-bond acceptors (Lipinski definition) is 6. The average molecular weight is 403 g/mol. The number of nitrogens with zero attached hydrogens (tertiary/aromatic N) is 3. The number of rotatable bonds is 2. The van der Waals surface area contributed by atoms with Crippen molar-refractivity contribution in [3.05, 3.63) is 27.6 Å². The molecule has 0 aliphatic carbocycles. The highest BCUT2D eigenvalue weighted by atomic mass is 127. The molecule has 0 spiro atoms. The maximum atomic E-state index is 9.75. The number of thioether (sulfide) groups is 1. The van der Waals surface area contributed by atoms with Crippen LogP contribution in [0.3, 0.4) is 0 Å². The van der Waals surface area contributed by atoms with Gasteiger partial charge in [0, 0.05) is 23.6 Å². The fourth-order valence-corrected chi connectivity index (χ4v) is 3.64. The van der Waals surface area contributed by atoms with E-state index >= 15 is 0 Å². The molecule has 1 aliphatic rings. The van der Waals surface area contributed by atoms with E-state index in [4.69, 9.17) is 4.52 Å². The molecule has 1 atom stereocenters. The lowest BCUT2D eigenvalue weighted by atomic mass is 10.2. The summed E-state index contributed by atoms with van der Waals surface area (Å²) < 4.78 is 6.14. The Balaban J connectivity index is 1.87. The van der Waals surface area contributed by atoms with Crippen molar-refractivity contribution < 1.29 is 9.63 Å². The van der Waals surface area contributed by atoms with Crippen LogP contribution in [0.25, 0.3) is 11.5 Å². The SMILES string of the molecule is CN1CCSCC1c1noc(-c2ccc(I)c(O)c2)n1. The van der Waals surface area contributed by atoms with Gasteiger partial charge in [0.1, 0.15) is 5.75 Å². The van der Waals surface area contributed by atoms with Gasteiger partial charge in [-0.15, -0.1) is 0 Å². The Morgan fingerprint density at radius 1 is 1.50 bits per heavy atom. The van der Waals surface area contributed by atoms with Gasteiger partial charge >= 0.3 is 0 Å². The minimum Gasteiger partial charge on any atom is -0.507 e. The molecule has 1 unspecified atom stereocenters. The highest BCUT2D eigenvalue weighted by molar-refractivity contribution is 14.1. The molecule has 2 heterocycles. The summed E-state index contributed by atoms with van der Waals surface area (Å²) >= 11 is 3.98. The van der Waals surface area contributed by atoms with Crippen molar-refractivity contribution in [2.75, 3.05) is 25.1 Å². The van der Waals surface area contributed by atoms with Crippen molar-refractivity contribution in [1.82, 2.24) is 15.0 Å². The van der Waals surface area contributed by atoms with Crippen LogP contribution >= 0.6 is 34.4 Å². The Morgan fingerprint density at radius 2 is 2.35 bits per heavy atom. The summed E-state index contributed by atoms with van der Waals surface area (Å²) in [6.07, 6.45) is 0. The van der Waals surface area contributed by atoms with E-state index in [0.29, 0.717) is 11.7 Å². The molecule has 3 rings (SSSR count). The molecule has 1 fully saturated rings. The third-order valence-electron chi connectivity index (χ3n) is 3.33. The lowest BCUT2D eigenvalue weighted by Crippen LogP contribution is -2.33. The number of hydrogen-bond donors (Lipinski definition) is 1. The van der Waals surface area contributed by atoms with Crippen LogP contribution < -0.4 is 0 Å². The molecule has 0 amide bonds. The van der Waals surface area contributed by atoms with Crippen molar-refractivity contribution >= 4 is 34.4 Å². The van der Waals surface area contributed by atoms with Crippen molar-refractivity contribution in [3.8, 4) is 17.2 Å². The van der Waals surface area contributed by atoms with E-state index in [-0.39, 0.29) is 11.8 Å². The van der Waals surface area contributed by atoms with E-state index in [9.17, 15) is 5.11 Å². The smallest absolute Gasteiger partial charge is 0.258 e. The first-order chi connectivity index (χ1) is 9.65. The Hall–Kier alpha value is -0.800. The Bertz CT molecular complexity index is 619. The molecule has 0 saturated carbocycles. The summed E-state index contributed by atoms with van der Waals surface area (Å²) in [5.41, 5.74) is 0.743. The summed E-state index contributed by atoms with van der Waals surface area (Å²) in [7, 11) is 2.08. The largest absolute Gasteiger partial charge is 0.507 e. The number of aromatic hydroxyl groups is 1. The van der Waals surface area contributed by atoms with Crippen LogP contribution in [0.4, 0.5) is 0 Å². The first-order valence-electron chi connectivity index (χ1n) is 6.25. The summed E-state index contributed by atoms with van der Waals surface area (Å²) in [4.78, 5) is 6.73. The Morgan fingerprint density at radius 3 is 3.10 bits per heavy atom. The predicted molar refractivity (Wildman–Crippen MR) is 86.8 cm³/mol. The monoisotopic (exact) mass is 403 g/mol. The second-order valence-electron chi connectivity index (χ2n) is 4.70. The number of aromatic nitrogens is 2. The van der Waals surface area contributed by atoms with Gasteiger partial charge in [-0.1, -0.05) is 5.16 Å². The fraction of sp³-hybridized carbons (Fsp3) is 0.385. The van der Waals surface area contributed by atoms with Crippen LogP contribution in [0.2, 0.25) is 0 Å². The molecule has 1 aliphatic heterocycles. The van der Waals surface area contributed by atoms with Gasteiger partial charge in [-0.2, -0.15) is 16.7 Å². The number of phenolic OH excluding ortho intramolecular Hbond substituents is 1. The molecule has 1 N–H and O–H groups in total. The summed E-state index contributed by atoms with van der Waals surface area (Å²) in [6, 6.07) is 5.55. The van der Waals surface area contributed by atoms with E-state index in [1.807, 2.05) is 23.9 Å². The normalized spacial score (nSPS) is 20.2. The zero-order chi connectivity index (χ0) is 14.1. The second kappa shape index (κ2) is 5.90. The molecule has 1 aromatic heterocycles. The van der Waals surface area contributed by atoms with Gasteiger partial charge in [0.25, 0.3) is 5.89 Å². The number of phenols is 1. The average Bonchev–Trinajstić information content (AvgIpc) is 2.92. The zero-order valence-electron chi connectivity index (χ0n) is 10.9. The summed E-state index contributed by atoms with van der Waals surface area (Å²) in [6.45, 7) is 1.03. The standard InChI is InChI=1S/C13H14IN3O2S/c1-17-4-5-20-7-10(17)12-15-13(19-16-12)8-2-3-9(14)11(18)6-8/h2-3,6,10,18H,4-5,7H2,1H3. The van der Waals surface area contributed by atoms with E-state index in [2.05, 4.69) is 44.7 Å². The van der Waals surface area contributed by atoms with Gasteiger partial charge in [0.15, 0.2) is 5.82 Å². The van der Waals surface area contributed by atoms with Crippen LogP contribution in [-0.2, 0) is 0 Å². The zero-order valence-corrected chi connectivity index (χ0v) is 13.9. The van der Waals surface area contributed by atoms with Crippen LogP contribution in [0, 0.1) is 3.57 Å². The van der Waals surface area contributed by atoms with Crippen LogP contribution in [0.5, 0.6) is 5.75 Å². The highest BCUT2D eigenvalue weighted by Crippen LogP contribution is 2.30. The molecular weight excluding hydrogens is 389 g/mol. The predicted octanol–water partition coefficient (Wildman–Crippen LogP) is 2.77. The van der Waals surface area contributed by atoms with Crippen molar-refractivity contribution in [2.24, 2.45) is 0 Å². The molecule has 106 valence electrons. The maximum Gasteiger partial charge on any atom is 0.258 e. The topological polar surface area (TPSA) is 62.4 Å². The first kappa shape index (κ1) is 14.2. The van der Waals surface area contributed by atoms with Crippen molar-refractivity contribution in [3.63, 3.8) is 0 Å². The third-order valence-corrected chi connectivity index (χ3v) is 5.26. The van der Waals surface area contributed by atoms with E-state index in [1.54, 1.807) is 6.07 Å². The first-order valence-corrected chi connectivity index (χ1v) is 8.49. The van der Waals surface area contributed by atoms with Crippen molar-refractivity contribution in [2.45, 2.75) is 6.04 Å². The number of benzene rings is 1. The lowest BCUT2D eigenvalue weighted by molar-refractivity contribution is 0.257. The van der Waals surface area contributed by atoms with Gasteiger partial charge < -0.3 is 9.63 Å². The third kappa shape index (κ3) is 2.79. The highest BCUT2D eigenvalue weighted by Gasteiger charge is 2.26. The number of halogens is 1. The van der Waals surface area contributed by atoms with Gasteiger partial charge in [-0.25, -0.2) is 0 Å². The fourth-order valence-electron chi connectivity index (χ4n) is 2.09. The molecule has 2 aromatic rings. The Labute approximate surface area is 134 Å². The molecule has 0 radical (unpaired) electrons. The van der Waals surface area contributed by atoms with Crippen LogP contribution in [-0.4, -0.2) is 45.2 Å². The lowest BCUT2D eigenvalue weighted by Gasteiger charge is -2.29. The van der Waals surface area contributed by atoms with Crippen molar-refractivity contribution in [1.29, 1.82) is 0 Å².